The Morgan fingerprint density at radius 2 is 1.62 bits per heavy atom. The van der Waals surface area contributed by atoms with Gasteiger partial charge in [0.05, 0.1) is 23.7 Å². The predicted octanol–water partition coefficient (Wildman–Crippen LogP) is 2.66. The summed E-state index contributed by atoms with van der Waals surface area (Å²) in [5.41, 5.74) is 0.791. The van der Waals surface area contributed by atoms with Gasteiger partial charge >= 0.3 is 5.97 Å². The highest BCUT2D eigenvalue weighted by atomic mass is 32.2. The van der Waals surface area contributed by atoms with Gasteiger partial charge in [-0.2, -0.15) is 0 Å². The molecule has 0 spiro atoms. The van der Waals surface area contributed by atoms with E-state index in [9.17, 15) is 13.2 Å². The fourth-order valence-corrected chi connectivity index (χ4v) is 3.26. The van der Waals surface area contributed by atoms with E-state index in [1.54, 1.807) is 25.1 Å². The number of sulfonamides is 1. The molecule has 0 bridgehead atoms. The first kappa shape index (κ1) is 19.7. The topological polar surface area (TPSA) is 102 Å². The van der Waals surface area contributed by atoms with Crippen molar-refractivity contribution in [3.63, 3.8) is 0 Å². The Kier molecular flexibility index (Phi) is 6.59. The third kappa shape index (κ3) is 4.96. The Morgan fingerprint density at radius 1 is 1.00 bits per heavy atom. The summed E-state index contributed by atoms with van der Waals surface area (Å²) >= 11 is 0. The van der Waals surface area contributed by atoms with Crippen molar-refractivity contribution >= 4 is 16.0 Å². The van der Waals surface area contributed by atoms with Crippen LogP contribution in [0.2, 0.25) is 0 Å². The summed E-state index contributed by atoms with van der Waals surface area (Å²) in [6, 6.07) is 10.4. The summed E-state index contributed by atoms with van der Waals surface area (Å²) < 4.78 is 38.4. The van der Waals surface area contributed by atoms with E-state index in [2.05, 4.69) is 4.72 Å². The number of nitrogens with one attached hydrogen (secondary N) is 1. The lowest BCUT2D eigenvalue weighted by Crippen LogP contribution is -2.23. The number of carbonyl (C=O) groups is 1. The second-order valence-corrected chi connectivity index (χ2v) is 7.07. The highest BCUT2D eigenvalue weighted by Gasteiger charge is 2.17. The fraction of sp³-hybridized carbons (Fsp3) is 0.278. The molecule has 0 radical (unpaired) electrons. The average Bonchev–Trinajstić information content (AvgIpc) is 2.62. The average molecular weight is 379 g/mol. The van der Waals surface area contributed by atoms with Gasteiger partial charge in [0.25, 0.3) is 0 Å². The van der Waals surface area contributed by atoms with Crippen molar-refractivity contribution in [3.05, 3.63) is 53.6 Å². The van der Waals surface area contributed by atoms with Crippen molar-refractivity contribution in [2.24, 2.45) is 0 Å². The molecule has 8 heteroatoms. The van der Waals surface area contributed by atoms with Crippen LogP contribution in [0.25, 0.3) is 0 Å². The summed E-state index contributed by atoms with van der Waals surface area (Å²) in [5.74, 6) is -0.185. The molecule has 26 heavy (non-hydrogen) atoms. The van der Waals surface area contributed by atoms with E-state index in [4.69, 9.17) is 14.6 Å². The van der Waals surface area contributed by atoms with Crippen molar-refractivity contribution in [1.82, 2.24) is 4.72 Å². The van der Waals surface area contributed by atoms with Crippen LogP contribution in [0.5, 0.6) is 11.5 Å². The van der Waals surface area contributed by atoms with Gasteiger partial charge in [0.15, 0.2) is 11.5 Å². The van der Waals surface area contributed by atoms with E-state index >= 15 is 0 Å². The molecule has 0 aliphatic rings. The zero-order valence-corrected chi connectivity index (χ0v) is 15.4. The Bertz CT molecular complexity index is 862. The molecule has 2 aromatic rings. The van der Waals surface area contributed by atoms with E-state index in [0.29, 0.717) is 30.3 Å². The first-order chi connectivity index (χ1) is 12.4. The van der Waals surface area contributed by atoms with Crippen LogP contribution < -0.4 is 14.2 Å². The fourth-order valence-electron chi connectivity index (χ4n) is 2.23. The minimum Gasteiger partial charge on any atom is -0.490 e. The maximum Gasteiger partial charge on any atom is 0.335 e. The van der Waals surface area contributed by atoms with Crippen LogP contribution in [0, 0.1) is 0 Å². The molecule has 2 rings (SSSR count). The molecule has 2 N–H and O–H groups in total. The minimum atomic E-state index is -3.76. The molecule has 0 saturated heterocycles. The largest absolute Gasteiger partial charge is 0.490 e. The lowest BCUT2D eigenvalue weighted by atomic mass is 10.1. The number of aromatic carboxylic acids is 1. The number of benzene rings is 2. The van der Waals surface area contributed by atoms with Gasteiger partial charge in [-0.3, -0.25) is 0 Å². The molecule has 0 fully saturated rings. The number of hydrogen-bond acceptors (Lipinski definition) is 5. The monoisotopic (exact) mass is 379 g/mol. The van der Waals surface area contributed by atoms with Gasteiger partial charge in [0, 0.05) is 12.6 Å². The Balaban J connectivity index is 2.16. The van der Waals surface area contributed by atoms with Crippen LogP contribution in [0.4, 0.5) is 0 Å². The number of carboxylic acid groups (broad SMARTS) is 1. The SMILES string of the molecule is CCOc1ccc(S(=O)(=O)NCc2ccc(C(=O)O)cc2)cc1OCC. The Labute approximate surface area is 152 Å². The summed E-state index contributed by atoms with van der Waals surface area (Å²) in [6.45, 7) is 4.50. The first-order valence-corrected chi connectivity index (χ1v) is 9.57. The van der Waals surface area contributed by atoms with Gasteiger partial charge in [-0.1, -0.05) is 12.1 Å². The summed E-state index contributed by atoms with van der Waals surface area (Å²) in [7, 11) is -3.76. The van der Waals surface area contributed by atoms with E-state index in [-0.39, 0.29) is 17.0 Å². The molecular formula is C18H21NO6S. The zero-order valence-electron chi connectivity index (χ0n) is 14.6. The van der Waals surface area contributed by atoms with Crippen LogP contribution in [-0.4, -0.2) is 32.7 Å². The van der Waals surface area contributed by atoms with Gasteiger partial charge < -0.3 is 14.6 Å². The lowest BCUT2D eigenvalue weighted by Gasteiger charge is -2.13. The molecule has 7 nitrogen and oxygen atoms in total. The molecule has 0 heterocycles. The molecule has 140 valence electrons. The molecule has 2 aromatic carbocycles. The van der Waals surface area contributed by atoms with Crippen molar-refractivity contribution in [2.75, 3.05) is 13.2 Å². The van der Waals surface area contributed by atoms with Crippen LogP contribution in [0.1, 0.15) is 29.8 Å². The number of carboxylic acids is 1. The molecule has 0 unspecified atom stereocenters. The third-order valence-electron chi connectivity index (χ3n) is 3.49. The lowest BCUT2D eigenvalue weighted by molar-refractivity contribution is 0.0697. The molecule has 0 amide bonds. The first-order valence-electron chi connectivity index (χ1n) is 8.09. The Hall–Kier alpha value is -2.58. The second-order valence-electron chi connectivity index (χ2n) is 5.30. The molecule has 0 aliphatic heterocycles. The summed E-state index contributed by atoms with van der Waals surface area (Å²) in [4.78, 5) is 10.9. The summed E-state index contributed by atoms with van der Waals surface area (Å²) in [6.07, 6.45) is 0. The number of rotatable bonds is 9. The Morgan fingerprint density at radius 3 is 2.19 bits per heavy atom. The normalized spacial score (nSPS) is 11.2. The van der Waals surface area contributed by atoms with Gasteiger partial charge in [-0.05, 0) is 43.7 Å². The van der Waals surface area contributed by atoms with Crippen LogP contribution in [0.3, 0.4) is 0 Å². The number of ether oxygens (including phenoxy) is 2. The molecule has 0 aromatic heterocycles. The third-order valence-corrected chi connectivity index (χ3v) is 4.89. The van der Waals surface area contributed by atoms with E-state index in [0.717, 1.165) is 0 Å². The van der Waals surface area contributed by atoms with Gasteiger partial charge in [-0.25, -0.2) is 17.9 Å². The molecule has 0 aliphatic carbocycles. The predicted molar refractivity (Wildman–Crippen MR) is 96.2 cm³/mol. The molecule has 0 saturated carbocycles. The van der Waals surface area contributed by atoms with Crippen molar-refractivity contribution < 1.29 is 27.8 Å². The van der Waals surface area contributed by atoms with Crippen LogP contribution in [0.15, 0.2) is 47.4 Å². The van der Waals surface area contributed by atoms with Crippen molar-refractivity contribution in [3.8, 4) is 11.5 Å². The number of hydrogen-bond donors (Lipinski definition) is 2. The van der Waals surface area contributed by atoms with Gasteiger partial charge in [0.1, 0.15) is 0 Å². The zero-order chi connectivity index (χ0) is 19.2. The van der Waals surface area contributed by atoms with Gasteiger partial charge in [0.2, 0.25) is 10.0 Å². The maximum absolute atomic E-state index is 12.5. The second kappa shape index (κ2) is 8.68. The highest BCUT2D eigenvalue weighted by molar-refractivity contribution is 7.89. The molecule has 0 atom stereocenters. The van der Waals surface area contributed by atoms with Crippen LogP contribution >= 0.6 is 0 Å². The highest BCUT2D eigenvalue weighted by Crippen LogP contribution is 2.30. The van der Waals surface area contributed by atoms with E-state index < -0.39 is 16.0 Å². The minimum absolute atomic E-state index is 0.0411. The smallest absolute Gasteiger partial charge is 0.335 e. The van der Waals surface area contributed by atoms with E-state index in [1.165, 1.54) is 24.3 Å². The quantitative estimate of drug-likeness (QED) is 0.694. The van der Waals surface area contributed by atoms with Gasteiger partial charge in [-0.15, -0.1) is 0 Å². The summed E-state index contributed by atoms with van der Waals surface area (Å²) in [5, 5.41) is 8.88. The maximum atomic E-state index is 12.5. The van der Waals surface area contributed by atoms with Crippen LogP contribution in [-0.2, 0) is 16.6 Å². The van der Waals surface area contributed by atoms with Crippen molar-refractivity contribution in [1.29, 1.82) is 0 Å². The standard InChI is InChI=1S/C18H21NO6S/c1-3-24-16-10-9-15(11-17(16)25-4-2)26(22,23)19-12-13-5-7-14(8-6-13)18(20)21/h5-11,19H,3-4,12H2,1-2H3,(H,20,21). The van der Waals surface area contributed by atoms with E-state index in [1.807, 2.05) is 6.92 Å². The van der Waals surface area contributed by atoms with Crippen molar-refractivity contribution in [2.45, 2.75) is 25.3 Å². The molecular weight excluding hydrogens is 358 g/mol.